The normalized spacial score (nSPS) is 11.0. The molecule has 6 nitrogen and oxygen atoms in total. The number of hydrogen-bond donors (Lipinski definition) is 1. The molecule has 0 aliphatic carbocycles. The summed E-state index contributed by atoms with van der Waals surface area (Å²) in [7, 11) is 0. The molecule has 0 radical (unpaired) electrons. The summed E-state index contributed by atoms with van der Waals surface area (Å²) in [5.74, 6) is 0.410. The molecule has 27 heavy (non-hydrogen) atoms. The van der Waals surface area contributed by atoms with E-state index < -0.39 is 0 Å². The number of carbonyl (C=O) groups is 1. The molecule has 3 heterocycles. The first-order valence-electron chi connectivity index (χ1n) is 9.11. The molecule has 0 aliphatic heterocycles. The molecule has 3 aromatic heterocycles. The standard InChI is InChI=1S/C21H21N5O/c1-2-3-6-16-7-4-5-8-18(16)21(27)24-19-14-26-13-17(9-10-20(26)23-19)25-12-11-22-15-25/h4-5,7-15H,2-3,6H2,1H3,(H,24,27). The minimum absolute atomic E-state index is 0.125. The number of hydrogen-bond acceptors (Lipinski definition) is 3. The molecule has 6 heteroatoms. The predicted octanol–water partition coefficient (Wildman–Crippen LogP) is 4.11. The summed E-state index contributed by atoms with van der Waals surface area (Å²) in [5.41, 5.74) is 3.53. The number of unbranched alkanes of at least 4 members (excludes halogenated alkanes) is 1. The Morgan fingerprint density at radius 1 is 1.15 bits per heavy atom. The van der Waals surface area contributed by atoms with Crippen LogP contribution in [0.1, 0.15) is 35.7 Å². The van der Waals surface area contributed by atoms with Crippen LogP contribution in [0.25, 0.3) is 11.3 Å². The highest BCUT2D eigenvalue weighted by molar-refractivity contribution is 6.04. The molecule has 0 bridgehead atoms. The molecule has 0 atom stereocenters. The largest absolute Gasteiger partial charge is 0.305 e. The van der Waals surface area contributed by atoms with E-state index in [4.69, 9.17) is 0 Å². The van der Waals surface area contributed by atoms with Gasteiger partial charge in [0.15, 0.2) is 5.82 Å². The Morgan fingerprint density at radius 2 is 2.04 bits per heavy atom. The van der Waals surface area contributed by atoms with Crippen molar-refractivity contribution in [3.8, 4) is 5.69 Å². The third-order valence-corrected chi connectivity index (χ3v) is 4.54. The number of nitrogens with zero attached hydrogens (tertiary/aromatic N) is 4. The van der Waals surface area contributed by atoms with Gasteiger partial charge in [-0.25, -0.2) is 9.97 Å². The van der Waals surface area contributed by atoms with Gasteiger partial charge in [-0.15, -0.1) is 0 Å². The van der Waals surface area contributed by atoms with E-state index in [0.29, 0.717) is 11.4 Å². The fraction of sp³-hybridized carbons (Fsp3) is 0.190. The summed E-state index contributed by atoms with van der Waals surface area (Å²) < 4.78 is 3.82. The molecule has 0 aliphatic rings. The van der Waals surface area contributed by atoms with E-state index in [-0.39, 0.29) is 5.91 Å². The predicted molar refractivity (Wildman–Crippen MR) is 105 cm³/mol. The van der Waals surface area contributed by atoms with Crippen LogP contribution < -0.4 is 5.32 Å². The van der Waals surface area contributed by atoms with E-state index in [0.717, 1.165) is 36.2 Å². The second kappa shape index (κ2) is 7.45. The number of rotatable bonds is 6. The van der Waals surface area contributed by atoms with E-state index in [1.165, 1.54) is 0 Å². The SMILES string of the molecule is CCCCc1ccccc1C(=O)Nc1cn2cc(-n3ccnc3)ccc2n1. The van der Waals surface area contributed by atoms with E-state index in [2.05, 4.69) is 22.2 Å². The number of anilines is 1. The van der Waals surface area contributed by atoms with Crippen molar-refractivity contribution in [1.29, 1.82) is 0 Å². The Kier molecular flexibility index (Phi) is 4.70. The molecule has 136 valence electrons. The van der Waals surface area contributed by atoms with Crippen molar-refractivity contribution >= 4 is 17.4 Å². The van der Waals surface area contributed by atoms with Gasteiger partial charge in [-0.1, -0.05) is 31.5 Å². The number of imidazole rings is 2. The second-order valence-corrected chi connectivity index (χ2v) is 6.46. The lowest BCUT2D eigenvalue weighted by Gasteiger charge is -2.08. The van der Waals surface area contributed by atoms with Gasteiger partial charge in [0.25, 0.3) is 5.91 Å². The lowest BCUT2D eigenvalue weighted by Crippen LogP contribution is -2.14. The van der Waals surface area contributed by atoms with Crippen molar-refractivity contribution in [1.82, 2.24) is 18.9 Å². The average Bonchev–Trinajstić information content (AvgIpc) is 3.35. The lowest BCUT2D eigenvalue weighted by molar-refractivity contribution is 0.102. The maximum atomic E-state index is 12.8. The molecule has 0 saturated carbocycles. The minimum Gasteiger partial charge on any atom is -0.305 e. The molecule has 0 unspecified atom stereocenters. The highest BCUT2D eigenvalue weighted by Crippen LogP contribution is 2.17. The monoisotopic (exact) mass is 359 g/mol. The number of pyridine rings is 1. The van der Waals surface area contributed by atoms with Crippen molar-refractivity contribution in [2.45, 2.75) is 26.2 Å². The Labute approximate surface area is 157 Å². The van der Waals surface area contributed by atoms with Crippen LogP contribution >= 0.6 is 0 Å². The van der Waals surface area contributed by atoms with E-state index in [1.807, 2.05) is 64.0 Å². The number of amides is 1. The maximum absolute atomic E-state index is 12.8. The summed E-state index contributed by atoms with van der Waals surface area (Å²) in [4.78, 5) is 21.3. The molecule has 1 aromatic carbocycles. The molecule has 4 rings (SSSR count). The first-order valence-corrected chi connectivity index (χ1v) is 9.11. The number of aromatic nitrogens is 4. The van der Waals surface area contributed by atoms with E-state index in [9.17, 15) is 4.79 Å². The topological polar surface area (TPSA) is 64.2 Å². The number of nitrogens with one attached hydrogen (secondary N) is 1. The summed E-state index contributed by atoms with van der Waals surface area (Å²) in [6, 6.07) is 11.6. The average molecular weight is 359 g/mol. The fourth-order valence-corrected chi connectivity index (χ4v) is 3.12. The highest BCUT2D eigenvalue weighted by atomic mass is 16.1. The third-order valence-electron chi connectivity index (χ3n) is 4.54. The molecule has 1 N–H and O–H groups in total. The van der Waals surface area contributed by atoms with Gasteiger partial charge in [0.1, 0.15) is 5.65 Å². The Bertz CT molecular complexity index is 1070. The van der Waals surface area contributed by atoms with E-state index >= 15 is 0 Å². The van der Waals surface area contributed by atoms with Crippen LogP contribution in [0.3, 0.4) is 0 Å². The quantitative estimate of drug-likeness (QED) is 0.563. The van der Waals surface area contributed by atoms with Crippen LogP contribution in [0.5, 0.6) is 0 Å². The van der Waals surface area contributed by atoms with Crippen LogP contribution in [0.2, 0.25) is 0 Å². The Morgan fingerprint density at radius 3 is 2.85 bits per heavy atom. The van der Waals surface area contributed by atoms with Gasteiger partial charge in [0, 0.05) is 24.2 Å². The van der Waals surface area contributed by atoms with Gasteiger partial charge in [-0.2, -0.15) is 0 Å². The molecule has 0 saturated heterocycles. The highest BCUT2D eigenvalue weighted by Gasteiger charge is 2.13. The summed E-state index contributed by atoms with van der Waals surface area (Å²) in [6.07, 6.45) is 12.2. The van der Waals surface area contributed by atoms with Crippen molar-refractivity contribution < 1.29 is 4.79 Å². The van der Waals surface area contributed by atoms with Gasteiger partial charge in [0.05, 0.1) is 18.2 Å². The summed E-state index contributed by atoms with van der Waals surface area (Å²) in [6.45, 7) is 2.15. The molecule has 1 amide bonds. The lowest BCUT2D eigenvalue weighted by atomic mass is 10.0. The van der Waals surface area contributed by atoms with Crippen LogP contribution in [-0.4, -0.2) is 24.8 Å². The van der Waals surface area contributed by atoms with Gasteiger partial charge < -0.3 is 14.3 Å². The number of carbonyl (C=O) groups excluding carboxylic acids is 1. The minimum atomic E-state index is -0.125. The van der Waals surface area contributed by atoms with Crippen molar-refractivity contribution in [2.75, 3.05) is 5.32 Å². The number of fused-ring (bicyclic) bond motifs is 1. The van der Waals surface area contributed by atoms with Crippen LogP contribution in [0.4, 0.5) is 5.82 Å². The zero-order valence-corrected chi connectivity index (χ0v) is 15.2. The molecular formula is C21H21N5O. The zero-order valence-electron chi connectivity index (χ0n) is 15.2. The van der Waals surface area contributed by atoms with Gasteiger partial charge in [0.2, 0.25) is 0 Å². The maximum Gasteiger partial charge on any atom is 0.257 e. The fourth-order valence-electron chi connectivity index (χ4n) is 3.12. The molecule has 0 fully saturated rings. The summed E-state index contributed by atoms with van der Waals surface area (Å²) in [5, 5.41) is 2.93. The molecule has 4 aromatic rings. The van der Waals surface area contributed by atoms with Crippen LogP contribution in [0, 0.1) is 0 Å². The summed E-state index contributed by atoms with van der Waals surface area (Å²) >= 11 is 0. The van der Waals surface area contributed by atoms with Crippen molar-refractivity contribution in [3.05, 3.63) is 78.6 Å². The number of aryl methyl sites for hydroxylation is 1. The smallest absolute Gasteiger partial charge is 0.257 e. The van der Waals surface area contributed by atoms with Gasteiger partial charge >= 0.3 is 0 Å². The first-order chi connectivity index (χ1) is 13.2. The van der Waals surface area contributed by atoms with Gasteiger partial charge in [-0.3, -0.25) is 4.79 Å². The third kappa shape index (κ3) is 3.60. The Balaban J connectivity index is 1.57. The van der Waals surface area contributed by atoms with Crippen LogP contribution in [0.15, 0.2) is 67.5 Å². The van der Waals surface area contributed by atoms with Gasteiger partial charge in [-0.05, 0) is 36.6 Å². The zero-order chi connectivity index (χ0) is 18.6. The Hall–Kier alpha value is -3.41. The van der Waals surface area contributed by atoms with Crippen LogP contribution in [-0.2, 0) is 6.42 Å². The van der Waals surface area contributed by atoms with E-state index in [1.54, 1.807) is 12.5 Å². The second-order valence-electron chi connectivity index (χ2n) is 6.46. The first kappa shape index (κ1) is 17.0. The number of benzene rings is 1. The van der Waals surface area contributed by atoms with Crippen molar-refractivity contribution in [2.24, 2.45) is 0 Å². The van der Waals surface area contributed by atoms with Crippen molar-refractivity contribution in [3.63, 3.8) is 0 Å². The molecule has 0 spiro atoms. The molecular weight excluding hydrogens is 338 g/mol.